The van der Waals surface area contributed by atoms with E-state index < -0.39 is 10.0 Å². The van der Waals surface area contributed by atoms with Crippen LogP contribution in [0.3, 0.4) is 0 Å². The topological polar surface area (TPSA) is 6.48 Å². The van der Waals surface area contributed by atoms with Crippen LogP contribution in [-0.2, 0) is 0 Å². The number of hydrogen-bond donors (Lipinski definition) is 0. The molecule has 63 heavy (non-hydrogen) atoms. The van der Waals surface area contributed by atoms with Crippen LogP contribution in [0.1, 0.15) is 0 Å². The molecule has 1 aliphatic rings. The zero-order valence-electron chi connectivity index (χ0n) is 34.7. The lowest BCUT2D eigenvalue weighted by molar-refractivity contribution is 1.12. The van der Waals surface area contributed by atoms with Crippen molar-refractivity contribution < 1.29 is 0 Å². The quantitative estimate of drug-likeness (QED) is 0.143. The van der Waals surface area contributed by atoms with Gasteiger partial charge in [-0.05, 0) is 130 Å². The predicted octanol–water partition coefficient (Wildman–Crippen LogP) is 17.3. The van der Waals surface area contributed by atoms with Gasteiger partial charge in [0.1, 0.15) is 0 Å². The molecule has 1 heterocycles. The Balaban J connectivity index is 1.05. The van der Waals surface area contributed by atoms with Crippen LogP contribution in [0.25, 0.3) is 33.4 Å². The summed E-state index contributed by atoms with van der Waals surface area (Å²) >= 11 is 0. The Hall–Kier alpha value is -7.85. The van der Waals surface area contributed by atoms with Crippen LogP contribution in [0, 0.1) is 0 Å². The van der Waals surface area contributed by atoms with Crippen LogP contribution < -0.4 is 9.80 Å². The standard InChI is InChI=1S/C60H44N2S/c1-6-18-45(19-7-1)47-30-37-52(38-31-47)61(53-39-32-48(33-40-53)46-20-8-2-9-21-46)54-41-34-49(35-42-54)50-36-43-58-60(44-50)63(55-24-12-4-13-25-55,56-26-14-5-15-27-56)59-29-17-16-28-57(59)62(58)51-22-10-3-11-23-51/h1-44H. The van der Waals surface area contributed by atoms with Gasteiger partial charge in [-0.15, -0.1) is 10.0 Å². The number of fused-ring (bicyclic) bond motifs is 2. The highest BCUT2D eigenvalue weighted by molar-refractivity contribution is 8.34. The average molecular weight is 825 g/mol. The van der Waals surface area contributed by atoms with Gasteiger partial charge in [0, 0.05) is 42.3 Å². The lowest BCUT2D eigenvalue weighted by atomic mass is 10.0. The molecular weight excluding hydrogens is 781 g/mol. The van der Waals surface area contributed by atoms with E-state index in [1.54, 1.807) is 0 Å². The molecule has 0 amide bonds. The fraction of sp³-hybridized carbons (Fsp3) is 0. The van der Waals surface area contributed by atoms with Crippen molar-refractivity contribution >= 4 is 44.2 Å². The second-order valence-electron chi connectivity index (χ2n) is 15.8. The second-order valence-corrected chi connectivity index (χ2v) is 18.8. The summed E-state index contributed by atoms with van der Waals surface area (Å²) in [6.07, 6.45) is 0. The number of anilines is 6. The lowest BCUT2D eigenvalue weighted by Gasteiger charge is -2.50. The molecule has 1 aliphatic heterocycles. The minimum absolute atomic E-state index is 1.09. The summed E-state index contributed by atoms with van der Waals surface area (Å²) < 4.78 is 0. The highest BCUT2D eigenvalue weighted by Crippen LogP contribution is 2.79. The number of benzene rings is 10. The Kier molecular flexibility index (Phi) is 10.0. The van der Waals surface area contributed by atoms with Crippen molar-refractivity contribution in [2.75, 3.05) is 9.80 Å². The van der Waals surface area contributed by atoms with Crippen LogP contribution in [0.4, 0.5) is 34.1 Å². The Morgan fingerprint density at radius 3 is 1.10 bits per heavy atom. The molecule has 0 spiro atoms. The molecule has 0 unspecified atom stereocenters. The Morgan fingerprint density at radius 1 is 0.270 bits per heavy atom. The summed E-state index contributed by atoms with van der Waals surface area (Å²) in [7, 11) is -1.94. The van der Waals surface area contributed by atoms with Gasteiger partial charge in [0.25, 0.3) is 0 Å². The molecule has 0 bridgehead atoms. The minimum Gasteiger partial charge on any atom is -0.311 e. The third-order valence-corrected chi connectivity index (χ3v) is 16.0. The van der Waals surface area contributed by atoms with Gasteiger partial charge in [-0.2, -0.15) is 0 Å². The van der Waals surface area contributed by atoms with Gasteiger partial charge in [-0.25, -0.2) is 0 Å². The Bertz CT molecular complexity index is 3000. The fourth-order valence-corrected chi connectivity index (χ4v) is 13.3. The zero-order chi connectivity index (χ0) is 42.0. The maximum absolute atomic E-state index is 2.48. The van der Waals surface area contributed by atoms with Gasteiger partial charge in [0.05, 0.1) is 11.4 Å². The number of nitrogens with zero attached hydrogens (tertiary/aromatic N) is 2. The predicted molar refractivity (Wildman–Crippen MR) is 266 cm³/mol. The second kappa shape index (κ2) is 16.5. The van der Waals surface area contributed by atoms with E-state index in [2.05, 4.69) is 277 Å². The molecule has 0 aliphatic carbocycles. The summed E-state index contributed by atoms with van der Waals surface area (Å²) in [5, 5.41) is 0. The number of para-hydroxylation sites is 2. The summed E-state index contributed by atoms with van der Waals surface area (Å²) in [5.74, 6) is 0. The molecule has 0 radical (unpaired) electrons. The highest BCUT2D eigenvalue weighted by atomic mass is 32.3. The molecule has 0 N–H and O–H groups in total. The van der Waals surface area contributed by atoms with Crippen LogP contribution in [-0.4, -0.2) is 0 Å². The van der Waals surface area contributed by atoms with Crippen molar-refractivity contribution in [3.05, 3.63) is 267 Å². The zero-order valence-corrected chi connectivity index (χ0v) is 35.5. The van der Waals surface area contributed by atoms with Crippen molar-refractivity contribution in [3.63, 3.8) is 0 Å². The first-order valence-corrected chi connectivity index (χ1v) is 23.1. The highest BCUT2D eigenvalue weighted by Gasteiger charge is 2.42. The monoisotopic (exact) mass is 824 g/mol. The molecule has 0 aromatic heterocycles. The maximum atomic E-state index is 2.48. The molecule has 0 saturated heterocycles. The Morgan fingerprint density at radius 2 is 0.619 bits per heavy atom. The summed E-state index contributed by atoms with van der Waals surface area (Å²) in [6, 6.07) is 97.4. The molecule has 10 aromatic carbocycles. The van der Waals surface area contributed by atoms with Crippen molar-refractivity contribution in [2.24, 2.45) is 0 Å². The largest absolute Gasteiger partial charge is 0.311 e. The molecule has 3 heteroatoms. The maximum Gasteiger partial charge on any atom is 0.0592 e. The van der Waals surface area contributed by atoms with E-state index in [9.17, 15) is 0 Å². The summed E-state index contributed by atoms with van der Waals surface area (Å²) in [4.78, 5) is 10.1. The van der Waals surface area contributed by atoms with E-state index in [0.29, 0.717) is 0 Å². The molecule has 0 saturated carbocycles. The molecule has 0 atom stereocenters. The van der Waals surface area contributed by atoms with E-state index in [1.165, 1.54) is 64.3 Å². The first-order chi connectivity index (χ1) is 31.3. The Labute approximate surface area is 372 Å². The SMILES string of the molecule is c1ccc(-c2ccc(N(c3ccc(-c4ccccc4)cc3)c3ccc(-c4ccc5c(c4)S(c4ccccc4)(c4ccccc4)c4ccccc4N5c4ccccc4)cc3)cc2)cc1. The van der Waals surface area contributed by atoms with Crippen molar-refractivity contribution in [1.82, 2.24) is 0 Å². The van der Waals surface area contributed by atoms with Gasteiger partial charge < -0.3 is 9.80 Å². The molecule has 11 rings (SSSR count). The smallest absolute Gasteiger partial charge is 0.0592 e. The molecule has 10 aromatic rings. The van der Waals surface area contributed by atoms with Crippen molar-refractivity contribution in [3.8, 4) is 33.4 Å². The van der Waals surface area contributed by atoms with Crippen LogP contribution >= 0.6 is 10.0 Å². The van der Waals surface area contributed by atoms with Gasteiger partial charge >= 0.3 is 0 Å². The van der Waals surface area contributed by atoms with Crippen molar-refractivity contribution in [2.45, 2.75) is 19.6 Å². The van der Waals surface area contributed by atoms with Gasteiger partial charge in [0.15, 0.2) is 0 Å². The van der Waals surface area contributed by atoms with E-state index >= 15 is 0 Å². The summed E-state index contributed by atoms with van der Waals surface area (Å²) in [5.41, 5.74) is 14.0. The summed E-state index contributed by atoms with van der Waals surface area (Å²) in [6.45, 7) is 0. The molecular formula is C60H44N2S. The number of hydrogen-bond acceptors (Lipinski definition) is 2. The van der Waals surface area contributed by atoms with Gasteiger partial charge in [-0.1, -0.05) is 170 Å². The number of rotatable bonds is 9. The van der Waals surface area contributed by atoms with Gasteiger partial charge in [0.2, 0.25) is 0 Å². The van der Waals surface area contributed by atoms with Crippen LogP contribution in [0.15, 0.2) is 287 Å². The lowest BCUT2D eigenvalue weighted by Crippen LogP contribution is -2.21. The molecule has 2 nitrogen and oxygen atoms in total. The average Bonchev–Trinajstić information content (AvgIpc) is 3.37. The third kappa shape index (κ3) is 6.89. The van der Waals surface area contributed by atoms with Crippen LogP contribution in [0.5, 0.6) is 0 Å². The minimum atomic E-state index is -1.94. The van der Waals surface area contributed by atoms with Gasteiger partial charge in [-0.3, -0.25) is 0 Å². The van der Waals surface area contributed by atoms with E-state index in [-0.39, 0.29) is 0 Å². The first kappa shape index (κ1) is 38.1. The van der Waals surface area contributed by atoms with Crippen molar-refractivity contribution in [1.29, 1.82) is 0 Å². The van der Waals surface area contributed by atoms with E-state index in [1.807, 2.05) is 0 Å². The molecule has 300 valence electrons. The molecule has 0 fully saturated rings. The van der Waals surface area contributed by atoms with E-state index in [4.69, 9.17) is 0 Å². The third-order valence-electron chi connectivity index (χ3n) is 12.1. The van der Waals surface area contributed by atoms with Crippen LogP contribution in [0.2, 0.25) is 0 Å². The van der Waals surface area contributed by atoms with E-state index in [0.717, 1.165) is 22.7 Å². The first-order valence-electron chi connectivity index (χ1n) is 21.5. The fourth-order valence-electron chi connectivity index (χ4n) is 9.14. The normalized spacial score (nSPS) is 13.0.